The lowest BCUT2D eigenvalue weighted by Crippen LogP contribution is -2.28. The Labute approximate surface area is 49.1 Å². The van der Waals surface area contributed by atoms with E-state index in [-0.39, 0.29) is 19.1 Å². The third-order valence-electron chi connectivity index (χ3n) is 1.19. The van der Waals surface area contributed by atoms with Crippen LogP contribution in [-0.2, 0) is 0 Å². The van der Waals surface area contributed by atoms with E-state index in [9.17, 15) is 0 Å². The first kappa shape index (κ1) is 7.88. The Bertz CT molecular complexity index is 50.4. The summed E-state index contributed by atoms with van der Waals surface area (Å²) in [5, 5.41) is 17.3. The number of nitrogens with two attached hydrogens (primary N) is 1. The van der Waals surface area contributed by atoms with Crippen molar-refractivity contribution in [2.45, 2.75) is 13.0 Å². The van der Waals surface area contributed by atoms with Gasteiger partial charge in [0.2, 0.25) is 0 Å². The number of aliphatic hydroxyl groups excluding tert-OH is 2. The largest absolute Gasteiger partial charge is 0.396 e. The zero-order valence-corrected chi connectivity index (χ0v) is 5.04. The molecule has 0 spiro atoms. The highest BCUT2D eigenvalue weighted by molar-refractivity contribution is 4.62. The van der Waals surface area contributed by atoms with Gasteiger partial charge in [-0.3, -0.25) is 0 Å². The van der Waals surface area contributed by atoms with Crippen LogP contribution in [0, 0.1) is 5.92 Å². The maximum atomic E-state index is 8.84. The van der Waals surface area contributed by atoms with Gasteiger partial charge < -0.3 is 15.9 Å². The maximum absolute atomic E-state index is 8.84. The molecule has 0 aromatic heterocycles. The molecule has 3 nitrogen and oxygen atoms in total. The van der Waals surface area contributed by atoms with E-state index in [1.54, 1.807) is 6.92 Å². The lowest BCUT2D eigenvalue weighted by Gasteiger charge is -2.12. The van der Waals surface area contributed by atoms with Crippen LogP contribution < -0.4 is 5.73 Å². The summed E-state index contributed by atoms with van der Waals surface area (Å²) in [6.07, 6.45) is -0.556. The highest BCUT2D eigenvalue weighted by atomic mass is 16.3. The van der Waals surface area contributed by atoms with E-state index >= 15 is 0 Å². The molecule has 0 aromatic carbocycles. The molecular formula is C5H13NO2. The maximum Gasteiger partial charge on any atom is 0.0709 e. The van der Waals surface area contributed by atoms with Crippen molar-refractivity contribution in [1.82, 2.24) is 0 Å². The molecule has 0 bridgehead atoms. The van der Waals surface area contributed by atoms with Gasteiger partial charge in [-0.05, 0) is 0 Å². The first-order chi connectivity index (χ1) is 3.72. The van der Waals surface area contributed by atoms with Crippen LogP contribution >= 0.6 is 0 Å². The smallest absolute Gasteiger partial charge is 0.0709 e. The minimum atomic E-state index is -0.556. The van der Waals surface area contributed by atoms with Crippen LogP contribution in [0.2, 0.25) is 0 Å². The molecule has 2 unspecified atom stereocenters. The predicted octanol–water partition coefficient (Wildman–Crippen LogP) is -1.07. The molecule has 0 aliphatic rings. The van der Waals surface area contributed by atoms with Gasteiger partial charge >= 0.3 is 0 Å². The molecule has 8 heavy (non-hydrogen) atoms. The van der Waals surface area contributed by atoms with Crippen molar-refractivity contribution in [2.75, 3.05) is 13.2 Å². The second kappa shape index (κ2) is 3.83. The second-order valence-corrected chi connectivity index (χ2v) is 1.96. The SMILES string of the molecule is CC(CO)C(O)CN. The van der Waals surface area contributed by atoms with Crippen molar-refractivity contribution in [2.24, 2.45) is 11.7 Å². The van der Waals surface area contributed by atoms with E-state index in [0.717, 1.165) is 0 Å². The molecule has 0 aromatic rings. The average molecular weight is 119 g/mol. The minimum absolute atomic E-state index is 0.00162. The first-order valence-electron chi connectivity index (χ1n) is 2.71. The molecule has 0 fully saturated rings. The lowest BCUT2D eigenvalue weighted by molar-refractivity contribution is 0.0835. The molecule has 0 heterocycles. The Morgan fingerprint density at radius 3 is 2.25 bits per heavy atom. The quantitative estimate of drug-likeness (QED) is 0.443. The van der Waals surface area contributed by atoms with Crippen molar-refractivity contribution >= 4 is 0 Å². The van der Waals surface area contributed by atoms with E-state index in [1.165, 1.54) is 0 Å². The van der Waals surface area contributed by atoms with Gasteiger partial charge in [0.05, 0.1) is 6.10 Å². The van der Waals surface area contributed by atoms with Crippen LogP contribution in [0.1, 0.15) is 6.92 Å². The molecule has 0 amide bonds. The molecule has 0 aliphatic heterocycles. The van der Waals surface area contributed by atoms with Gasteiger partial charge in [-0.2, -0.15) is 0 Å². The summed E-state index contributed by atoms with van der Waals surface area (Å²) in [7, 11) is 0. The van der Waals surface area contributed by atoms with Crippen LogP contribution in [0.4, 0.5) is 0 Å². The molecule has 0 aliphatic carbocycles. The molecule has 50 valence electrons. The van der Waals surface area contributed by atoms with Crippen molar-refractivity contribution in [3.8, 4) is 0 Å². The average Bonchev–Trinajstić information content (AvgIpc) is 1.84. The minimum Gasteiger partial charge on any atom is -0.396 e. The van der Waals surface area contributed by atoms with E-state index < -0.39 is 6.10 Å². The summed E-state index contributed by atoms with van der Waals surface area (Å²) in [6, 6.07) is 0. The fourth-order valence-electron chi connectivity index (χ4n) is 0.354. The van der Waals surface area contributed by atoms with E-state index in [4.69, 9.17) is 15.9 Å². The molecule has 3 heteroatoms. The zero-order valence-electron chi connectivity index (χ0n) is 5.04. The fraction of sp³-hybridized carbons (Fsp3) is 1.00. The van der Waals surface area contributed by atoms with Crippen molar-refractivity contribution < 1.29 is 10.2 Å². The van der Waals surface area contributed by atoms with Crippen LogP contribution in [0.5, 0.6) is 0 Å². The van der Waals surface area contributed by atoms with Gasteiger partial charge in [-0.15, -0.1) is 0 Å². The molecule has 2 atom stereocenters. The third kappa shape index (κ3) is 2.26. The van der Waals surface area contributed by atoms with Crippen LogP contribution in [-0.4, -0.2) is 29.5 Å². The molecular weight excluding hydrogens is 106 g/mol. The molecule has 4 N–H and O–H groups in total. The molecule has 0 saturated heterocycles. The summed E-state index contributed by atoms with van der Waals surface area (Å²) in [6.45, 7) is 1.97. The third-order valence-corrected chi connectivity index (χ3v) is 1.19. The van der Waals surface area contributed by atoms with Gasteiger partial charge in [0.1, 0.15) is 0 Å². The lowest BCUT2D eigenvalue weighted by atomic mass is 10.1. The number of hydrogen-bond acceptors (Lipinski definition) is 3. The molecule has 0 radical (unpaired) electrons. The number of hydrogen-bond donors (Lipinski definition) is 3. The Hall–Kier alpha value is -0.120. The van der Waals surface area contributed by atoms with Gasteiger partial charge in [0, 0.05) is 19.1 Å². The normalized spacial score (nSPS) is 18.0. The summed E-state index contributed by atoms with van der Waals surface area (Å²) in [4.78, 5) is 0. The topological polar surface area (TPSA) is 66.5 Å². The summed E-state index contributed by atoms with van der Waals surface area (Å²) < 4.78 is 0. The molecule has 0 rings (SSSR count). The Kier molecular flexibility index (Phi) is 3.77. The number of aliphatic hydroxyl groups is 2. The van der Waals surface area contributed by atoms with Crippen molar-refractivity contribution in [3.05, 3.63) is 0 Å². The first-order valence-corrected chi connectivity index (χ1v) is 2.71. The standard InChI is InChI=1S/C5H13NO2/c1-4(3-7)5(8)2-6/h4-5,7-8H,2-3,6H2,1H3. The predicted molar refractivity (Wildman–Crippen MR) is 31.3 cm³/mol. The van der Waals surface area contributed by atoms with Gasteiger partial charge in [0.15, 0.2) is 0 Å². The van der Waals surface area contributed by atoms with Crippen LogP contribution in [0.3, 0.4) is 0 Å². The van der Waals surface area contributed by atoms with Crippen molar-refractivity contribution in [1.29, 1.82) is 0 Å². The van der Waals surface area contributed by atoms with Gasteiger partial charge in [-0.25, -0.2) is 0 Å². The van der Waals surface area contributed by atoms with E-state index in [0.29, 0.717) is 0 Å². The summed E-state index contributed by atoms with van der Waals surface area (Å²) in [5.74, 6) is -0.0972. The Morgan fingerprint density at radius 2 is 2.12 bits per heavy atom. The summed E-state index contributed by atoms with van der Waals surface area (Å²) >= 11 is 0. The van der Waals surface area contributed by atoms with E-state index in [2.05, 4.69) is 0 Å². The molecule has 0 saturated carbocycles. The highest BCUT2D eigenvalue weighted by Crippen LogP contribution is 1.97. The summed E-state index contributed by atoms with van der Waals surface area (Å²) in [5.41, 5.74) is 5.09. The Morgan fingerprint density at radius 1 is 1.62 bits per heavy atom. The fourth-order valence-corrected chi connectivity index (χ4v) is 0.354. The zero-order chi connectivity index (χ0) is 6.57. The van der Waals surface area contributed by atoms with E-state index in [1.807, 2.05) is 0 Å². The second-order valence-electron chi connectivity index (χ2n) is 1.96. The number of rotatable bonds is 3. The van der Waals surface area contributed by atoms with Crippen molar-refractivity contribution in [3.63, 3.8) is 0 Å². The van der Waals surface area contributed by atoms with Crippen LogP contribution in [0.25, 0.3) is 0 Å². The van der Waals surface area contributed by atoms with Gasteiger partial charge in [0.25, 0.3) is 0 Å². The monoisotopic (exact) mass is 119 g/mol. The van der Waals surface area contributed by atoms with Gasteiger partial charge in [-0.1, -0.05) is 6.92 Å². The highest BCUT2D eigenvalue weighted by Gasteiger charge is 2.09. The van der Waals surface area contributed by atoms with Crippen LogP contribution in [0.15, 0.2) is 0 Å². The Balaban J connectivity index is 3.29.